The lowest BCUT2D eigenvalue weighted by molar-refractivity contribution is -0.136. The van der Waals surface area contributed by atoms with Crippen LogP contribution in [0.3, 0.4) is 0 Å². The minimum absolute atomic E-state index is 0.0607. The molecular formula is C10H11FO3S. The van der Waals surface area contributed by atoms with Crippen molar-refractivity contribution in [1.82, 2.24) is 0 Å². The molecule has 5 heteroatoms. The van der Waals surface area contributed by atoms with Crippen LogP contribution >= 0.6 is 0 Å². The van der Waals surface area contributed by atoms with Gasteiger partial charge >= 0.3 is 5.97 Å². The quantitative estimate of drug-likeness (QED) is 0.853. The number of carbonyl (C=O) groups is 1. The SMILES string of the molecule is CC(C(=O)O)S(=O)Cc1cccc(F)c1. The van der Waals surface area contributed by atoms with Gasteiger partial charge in [0.05, 0.1) is 0 Å². The first-order chi connectivity index (χ1) is 7.00. The Labute approximate surface area is 89.4 Å². The molecule has 1 aromatic rings. The van der Waals surface area contributed by atoms with Gasteiger partial charge in [0.2, 0.25) is 0 Å². The molecule has 1 N–H and O–H groups in total. The van der Waals surface area contributed by atoms with Gasteiger partial charge in [0, 0.05) is 16.6 Å². The molecule has 82 valence electrons. The van der Waals surface area contributed by atoms with E-state index in [9.17, 15) is 13.4 Å². The van der Waals surface area contributed by atoms with Crippen molar-refractivity contribution in [2.45, 2.75) is 17.9 Å². The van der Waals surface area contributed by atoms with Crippen molar-refractivity contribution in [1.29, 1.82) is 0 Å². The third-order valence-electron chi connectivity index (χ3n) is 1.94. The molecule has 1 aromatic carbocycles. The molecule has 2 atom stereocenters. The number of carboxylic acid groups (broad SMARTS) is 1. The van der Waals surface area contributed by atoms with E-state index in [1.807, 2.05) is 0 Å². The summed E-state index contributed by atoms with van der Waals surface area (Å²) in [7, 11) is -1.52. The number of hydrogen-bond acceptors (Lipinski definition) is 2. The standard InChI is InChI=1S/C10H11FO3S/c1-7(10(12)13)15(14)6-8-3-2-4-9(11)5-8/h2-5,7H,6H2,1H3,(H,12,13). The van der Waals surface area contributed by atoms with E-state index in [1.165, 1.54) is 25.1 Å². The predicted octanol–water partition coefficient (Wildman–Crippen LogP) is 1.55. The summed E-state index contributed by atoms with van der Waals surface area (Å²) >= 11 is 0. The minimum Gasteiger partial charge on any atom is -0.480 e. The lowest BCUT2D eigenvalue weighted by atomic mass is 10.2. The molecular weight excluding hydrogens is 219 g/mol. The highest BCUT2D eigenvalue weighted by Gasteiger charge is 2.18. The van der Waals surface area contributed by atoms with Crippen LogP contribution in [0.4, 0.5) is 4.39 Å². The number of halogens is 1. The summed E-state index contributed by atoms with van der Waals surface area (Å²) in [6.45, 7) is 1.37. The van der Waals surface area contributed by atoms with Gasteiger partial charge in [-0.15, -0.1) is 0 Å². The van der Waals surface area contributed by atoms with Gasteiger partial charge in [-0.2, -0.15) is 0 Å². The zero-order valence-electron chi connectivity index (χ0n) is 8.14. The Bertz CT molecular complexity index is 392. The summed E-state index contributed by atoms with van der Waals surface area (Å²) in [5, 5.41) is 7.68. The van der Waals surface area contributed by atoms with Crippen LogP contribution in [-0.2, 0) is 21.3 Å². The largest absolute Gasteiger partial charge is 0.480 e. The van der Waals surface area contributed by atoms with Gasteiger partial charge < -0.3 is 5.11 Å². The summed E-state index contributed by atoms with van der Waals surface area (Å²) in [6.07, 6.45) is 0. The van der Waals surface area contributed by atoms with Gasteiger partial charge in [-0.05, 0) is 24.6 Å². The van der Waals surface area contributed by atoms with Gasteiger partial charge in [-0.1, -0.05) is 12.1 Å². The maximum Gasteiger partial charge on any atom is 0.318 e. The fourth-order valence-electron chi connectivity index (χ4n) is 1.03. The van der Waals surface area contributed by atoms with E-state index in [0.717, 1.165) is 0 Å². The minimum atomic E-state index is -1.52. The van der Waals surface area contributed by atoms with E-state index in [4.69, 9.17) is 5.11 Å². The van der Waals surface area contributed by atoms with E-state index in [-0.39, 0.29) is 5.75 Å². The first-order valence-corrected chi connectivity index (χ1v) is 5.73. The normalized spacial score (nSPS) is 14.5. The predicted molar refractivity (Wildman–Crippen MR) is 55.3 cm³/mol. The molecule has 0 aromatic heterocycles. The van der Waals surface area contributed by atoms with Gasteiger partial charge in [-0.3, -0.25) is 9.00 Å². The second kappa shape index (κ2) is 5.02. The molecule has 0 spiro atoms. The van der Waals surface area contributed by atoms with Crippen LogP contribution in [0, 0.1) is 5.82 Å². The monoisotopic (exact) mass is 230 g/mol. The lowest BCUT2D eigenvalue weighted by Gasteiger charge is -2.06. The molecule has 1 rings (SSSR count). The topological polar surface area (TPSA) is 54.4 Å². The summed E-state index contributed by atoms with van der Waals surface area (Å²) in [4.78, 5) is 10.5. The number of rotatable bonds is 4. The fraction of sp³-hybridized carbons (Fsp3) is 0.300. The number of carboxylic acids is 1. The van der Waals surface area contributed by atoms with Crippen molar-refractivity contribution in [3.63, 3.8) is 0 Å². The van der Waals surface area contributed by atoms with Gasteiger partial charge in [0.15, 0.2) is 0 Å². The van der Waals surface area contributed by atoms with Crippen LogP contribution in [-0.4, -0.2) is 20.5 Å². The Kier molecular flexibility index (Phi) is 3.96. The number of aliphatic carboxylic acids is 1. The average Bonchev–Trinajstić information content (AvgIpc) is 2.16. The number of benzene rings is 1. The summed E-state index contributed by atoms with van der Waals surface area (Å²) in [5.41, 5.74) is 0.543. The van der Waals surface area contributed by atoms with Gasteiger partial charge in [-0.25, -0.2) is 4.39 Å². The van der Waals surface area contributed by atoms with Crippen molar-refractivity contribution < 1.29 is 18.5 Å². The second-order valence-corrected chi connectivity index (χ2v) is 4.89. The van der Waals surface area contributed by atoms with Crippen LogP contribution in [0.1, 0.15) is 12.5 Å². The molecule has 0 aliphatic rings. The molecule has 2 unspecified atom stereocenters. The highest BCUT2D eigenvalue weighted by atomic mass is 32.2. The average molecular weight is 230 g/mol. The summed E-state index contributed by atoms with van der Waals surface area (Å²) in [6, 6.07) is 5.67. The third-order valence-corrected chi connectivity index (χ3v) is 3.55. The van der Waals surface area contributed by atoms with Crippen LogP contribution in [0.25, 0.3) is 0 Å². The van der Waals surface area contributed by atoms with Crippen molar-refractivity contribution in [3.8, 4) is 0 Å². The smallest absolute Gasteiger partial charge is 0.318 e. The molecule has 0 saturated carbocycles. The maximum absolute atomic E-state index is 12.8. The van der Waals surface area contributed by atoms with Crippen LogP contribution in [0.15, 0.2) is 24.3 Å². The molecule has 0 saturated heterocycles. The van der Waals surface area contributed by atoms with Crippen LogP contribution in [0.2, 0.25) is 0 Å². The molecule has 0 aliphatic heterocycles. The van der Waals surface area contributed by atoms with Crippen molar-refractivity contribution in [3.05, 3.63) is 35.6 Å². The highest BCUT2D eigenvalue weighted by molar-refractivity contribution is 7.85. The molecule has 0 fully saturated rings. The zero-order valence-corrected chi connectivity index (χ0v) is 8.96. The van der Waals surface area contributed by atoms with E-state index in [1.54, 1.807) is 6.07 Å². The Hall–Kier alpha value is -1.23. The summed E-state index contributed by atoms with van der Waals surface area (Å²) < 4.78 is 24.2. The second-order valence-electron chi connectivity index (χ2n) is 3.14. The summed E-state index contributed by atoms with van der Waals surface area (Å²) in [5.74, 6) is -1.46. The van der Waals surface area contributed by atoms with Crippen molar-refractivity contribution in [2.75, 3.05) is 0 Å². The number of hydrogen-bond donors (Lipinski definition) is 1. The molecule has 15 heavy (non-hydrogen) atoms. The van der Waals surface area contributed by atoms with Crippen LogP contribution in [0.5, 0.6) is 0 Å². The van der Waals surface area contributed by atoms with Gasteiger partial charge in [0.25, 0.3) is 0 Å². The molecule has 0 bridgehead atoms. The van der Waals surface area contributed by atoms with Crippen molar-refractivity contribution >= 4 is 16.8 Å². The van der Waals surface area contributed by atoms with E-state index in [2.05, 4.69) is 0 Å². The van der Waals surface area contributed by atoms with Crippen molar-refractivity contribution in [2.24, 2.45) is 0 Å². The Morgan fingerprint density at radius 1 is 1.60 bits per heavy atom. The molecule has 3 nitrogen and oxygen atoms in total. The third kappa shape index (κ3) is 3.43. The highest BCUT2D eigenvalue weighted by Crippen LogP contribution is 2.09. The lowest BCUT2D eigenvalue weighted by Crippen LogP contribution is -2.22. The molecule has 0 heterocycles. The van der Waals surface area contributed by atoms with E-state index >= 15 is 0 Å². The zero-order chi connectivity index (χ0) is 11.4. The Balaban J connectivity index is 2.70. The van der Waals surface area contributed by atoms with E-state index < -0.39 is 27.8 Å². The molecule has 0 radical (unpaired) electrons. The molecule has 0 aliphatic carbocycles. The fourth-order valence-corrected chi connectivity index (χ4v) is 2.01. The van der Waals surface area contributed by atoms with Crippen LogP contribution < -0.4 is 0 Å². The first kappa shape index (κ1) is 11.8. The Morgan fingerprint density at radius 3 is 2.80 bits per heavy atom. The first-order valence-electron chi connectivity index (χ1n) is 4.35. The Morgan fingerprint density at radius 2 is 2.27 bits per heavy atom. The van der Waals surface area contributed by atoms with Gasteiger partial charge in [0.1, 0.15) is 11.1 Å². The molecule has 0 amide bonds. The van der Waals surface area contributed by atoms with E-state index in [0.29, 0.717) is 5.56 Å². The maximum atomic E-state index is 12.8.